The molecule has 0 spiro atoms. The molecule has 0 bridgehead atoms. The van der Waals surface area contributed by atoms with Crippen molar-refractivity contribution < 1.29 is 0 Å². The van der Waals surface area contributed by atoms with Crippen LogP contribution in [0, 0.1) is 5.92 Å². The van der Waals surface area contributed by atoms with Crippen molar-refractivity contribution in [3.8, 4) is 0 Å². The topological polar surface area (TPSA) is 12.0 Å². The molecule has 1 nitrogen and oxygen atoms in total. The van der Waals surface area contributed by atoms with Crippen LogP contribution in [0.3, 0.4) is 0 Å². The van der Waals surface area contributed by atoms with E-state index in [1.54, 1.807) is 11.1 Å². The standard InChI is InChI=1S/C17H25N/c1-2-13-12-18-11-10-17(13)16-8-6-15(7-9-16)14-4-3-5-14/h6-9,13-14,17-18H,2-5,10-12H2,1H3. The van der Waals surface area contributed by atoms with Gasteiger partial charge in [0.15, 0.2) is 0 Å². The van der Waals surface area contributed by atoms with Crippen molar-refractivity contribution in [3.05, 3.63) is 35.4 Å². The molecule has 1 N–H and O–H groups in total. The summed E-state index contributed by atoms with van der Waals surface area (Å²) in [5.74, 6) is 2.48. The first-order chi connectivity index (χ1) is 8.88. The molecule has 2 aliphatic rings. The lowest BCUT2D eigenvalue weighted by Gasteiger charge is -2.32. The van der Waals surface area contributed by atoms with Crippen molar-refractivity contribution in [2.45, 2.75) is 50.9 Å². The van der Waals surface area contributed by atoms with Crippen molar-refractivity contribution in [2.75, 3.05) is 13.1 Å². The number of rotatable bonds is 3. The highest BCUT2D eigenvalue weighted by Gasteiger charge is 2.25. The van der Waals surface area contributed by atoms with Crippen LogP contribution in [0.1, 0.15) is 62.0 Å². The molecule has 1 aromatic rings. The fraction of sp³-hybridized carbons (Fsp3) is 0.647. The SMILES string of the molecule is CCC1CNCCC1c1ccc(C2CCC2)cc1. The number of piperidine rings is 1. The molecule has 1 aliphatic carbocycles. The van der Waals surface area contributed by atoms with E-state index in [0.29, 0.717) is 0 Å². The van der Waals surface area contributed by atoms with E-state index in [1.807, 2.05) is 0 Å². The summed E-state index contributed by atoms with van der Waals surface area (Å²) in [4.78, 5) is 0. The second kappa shape index (κ2) is 5.44. The maximum Gasteiger partial charge on any atom is -0.00148 e. The van der Waals surface area contributed by atoms with Crippen molar-refractivity contribution in [2.24, 2.45) is 5.92 Å². The van der Waals surface area contributed by atoms with Gasteiger partial charge in [-0.3, -0.25) is 0 Å². The molecule has 1 heteroatoms. The first kappa shape index (κ1) is 12.2. The summed E-state index contributed by atoms with van der Waals surface area (Å²) in [6.07, 6.45) is 6.84. The third-order valence-electron chi connectivity index (χ3n) is 5.07. The van der Waals surface area contributed by atoms with E-state index in [9.17, 15) is 0 Å². The van der Waals surface area contributed by atoms with Gasteiger partial charge in [0.2, 0.25) is 0 Å². The lowest BCUT2D eigenvalue weighted by atomic mass is 9.77. The predicted octanol–water partition coefficient (Wildman–Crippen LogP) is 4.06. The molecular weight excluding hydrogens is 218 g/mol. The smallest absolute Gasteiger partial charge is 0.00148 e. The number of benzene rings is 1. The van der Waals surface area contributed by atoms with Gasteiger partial charge in [-0.25, -0.2) is 0 Å². The molecule has 1 aromatic carbocycles. The number of nitrogens with one attached hydrogen (secondary N) is 1. The predicted molar refractivity (Wildman–Crippen MR) is 77.0 cm³/mol. The highest BCUT2D eigenvalue weighted by atomic mass is 14.9. The molecule has 1 aliphatic heterocycles. The fourth-order valence-corrected chi connectivity index (χ4v) is 3.55. The van der Waals surface area contributed by atoms with Crippen LogP contribution < -0.4 is 5.32 Å². The molecule has 1 saturated carbocycles. The average molecular weight is 243 g/mol. The summed E-state index contributed by atoms with van der Waals surface area (Å²) in [5.41, 5.74) is 3.15. The highest BCUT2D eigenvalue weighted by molar-refractivity contribution is 5.29. The minimum Gasteiger partial charge on any atom is -0.316 e. The van der Waals surface area contributed by atoms with Gasteiger partial charge in [-0.1, -0.05) is 44.0 Å². The van der Waals surface area contributed by atoms with E-state index in [2.05, 4.69) is 36.5 Å². The minimum atomic E-state index is 0.784. The van der Waals surface area contributed by atoms with Gasteiger partial charge in [0, 0.05) is 0 Å². The third-order valence-corrected chi connectivity index (χ3v) is 5.07. The lowest BCUT2D eigenvalue weighted by Crippen LogP contribution is -2.35. The van der Waals surface area contributed by atoms with Gasteiger partial charge in [0.05, 0.1) is 0 Å². The summed E-state index contributed by atoms with van der Waals surface area (Å²) in [5, 5.41) is 3.53. The third kappa shape index (κ3) is 2.33. The lowest BCUT2D eigenvalue weighted by molar-refractivity contribution is 0.318. The molecule has 18 heavy (non-hydrogen) atoms. The normalized spacial score (nSPS) is 28.9. The zero-order valence-electron chi connectivity index (χ0n) is 11.5. The van der Waals surface area contributed by atoms with E-state index in [1.165, 1.54) is 45.2 Å². The Labute approximate surface area is 111 Å². The molecule has 1 heterocycles. The second-order valence-corrected chi connectivity index (χ2v) is 6.06. The first-order valence-corrected chi connectivity index (χ1v) is 7.69. The van der Waals surface area contributed by atoms with Gasteiger partial charge in [0.1, 0.15) is 0 Å². The molecule has 98 valence electrons. The van der Waals surface area contributed by atoms with Gasteiger partial charge in [0.25, 0.3) is 0 Å². The Morgan fingerprint density at radius 1 is 1.06 bits per heavy atom. The zero-order chi connectivity index (χ0) is 12.4. The van der Waals surface area contributed by atoms with Gasteiger partial charge < -0.3 is 5.32 Å². The Morgan fingerprint density at radius 3 is 2.39 bits per heavy atom. The average Bonchev–Trinajstić information content (AvgIpc) is 2.38. The summed E-state index contributed by atoms with van der Waals surface area (Å²) in [6.45, 7) is 4.71. The Hall–Kier alpha value is -0.820. The van der Waals surface area contributed by atoms with Gasteiger partial charge in [-0.2, -0.15) is 0 Å². The van der Waals surface area contributed by atoms with E-state index < -0.39 is 0 Å². The maximum atomic E-state index is 3.53. The molecule has 2 atom stereocenters. The van der Waals surface area contributed by atoms with Crippen LogP contribution in [0.15, 0.2) is 24.3 Å². The second-order valence-electron chi connectivity index (χ2n) is 6.06. The van der Waals surface area contributed by atoms with Crippen LogP contribution in [0.2, 0.25) is 0 Å². The molecular formula is C17H25N. The van der Waals surface area contributed by atoms with Crippen LogP contribution in [-0.4, -0.2) is 13.1 Å². The van der Waals surface area contributed by atoms with Crippen LogP contribution in [0.4, 0.5) is 0 Å². The van der Waals surface area contributed by atoms with Gasteiger partial charge >= 0.3 is 0 Å². The fourth-order valence-electron chi connectivity index (χ4n) is 3.55. The van der Waals surface area contributed by atoms with Crippen molar-refractivity contribution in [1.29, 1.82) is 0 Å². The van der Waals surface area contributed by atoms with E-state index in [-0.39, 0.29) is 0 Å². The Morgan fingerprint density at radius 2 is 1.78 bits per heavy atom. The number of hydrogen-bond donors (Lipinski definition) is 1. The monoisotopic (exact) mass is 243 g/mol. The highest BCUT2D eigenvalue weighted by Crippen LogP contribution is 2.38. The van der Waals surface area contributed by atoms with Crippen molar-refractivity contribution in [1.82, 2.24) is 5.32 Å². The molecule has 0 aromatic heterocycles. The van der Waals surface area contributed by atoms with Crippen LogP contribution >= 0.6 is 0 Å². The summed E-state index contributed by atoms with van der Waals surface area (Å²) < 4.78 is 0. The summed E-state index contributed by atoms with van der Waals surface area (Å²) >= 11 is 0. The largest absolute Gasteiger partial charge is 0.316 e. The van der Waals surface area contributed by atoms with Crippen molar-refractivity contribution >= 4 is 0 Å². The van der Waals surface area contributed by atoms with Crippen LogP contribution in [0.25, 0.3) is 0 Å². The molecule has 2 fully saturated rings. The Kier molecular flexibility index (Phi) is 3.69. The quantitative estimate of drug-likeness (QED) is 0.844. The molecule has 0 radical (unpaired) electrons. The Balaban J connectivity index is 1.74. The summed E-state index contributed by atoms with van der Waals surface area (Å²) in [6, 6.07) is 9.61. The maximum absolute atomic E-state index is 3.53. The van der Waals surface area contributed by atoms with Crippen LogP contribution in [0.5, 0.6) is 0 Å². The Bertz CT molecular complexity index is 377. The van der Waals surface area contributed by atoms with Crippen LogP contribution in [-0.2, 0) is 0 Å². The van der Waals surface area contributed by atoms with Gasteiger partial charge in [-0.05, 0) is 61.2 Å². The van der Waals surface area contributed by atoms with Gasteiger partial charge in [-0.15, -0.1) is 0 Å². The number of hydrogen-bond acceptors (Lipinski definition) is 1. The zero-order valence-corrected chi connectivity index (χ0v) is 11.5. The minimum absolute atomic E-state index is 0.784. The summed E-state index contributed by atoms with van der Waals surface area (Å²) in [7, 11) is 0. The molecule has 2 unspecified atom stereocenters. The van der Waals surface area contributed by atoms with Crippen molar-refractivity contribution in [3.63, 3.8) is 0 Å². The van der Waals surface area contributed by atoms with E-state index >= 15 is 0 Å². The van der Waals surface area contributed by atoms with E-state index in [0.717, 1.165) is 17.8 Å². The van der Waals surface area contributed by atoms with E-state index in [4.69, 9.17) is 0 Å². The first-order valence-electron chi connectivity index (χ1n) is 7.69. The molecule has 3 rings (SSSR count). The molecule has 1 saturated heterocycles. The molecule has 0 amide bonds.